The standard InChI is InChI=1S/C15H17NO/c1-4-9-16-14(11(2)3)10-12-7-5-6-8-13(12)15(16)17/h4-11H,1-3H3. The van der Waals surface area contributed by atoms with Gasteiger partial charge in [-0.25, -0.2) is 0 Å². The van der Waals surface area contributed by atoms with Crippen LogP contribution in [0.2, 0.25) is 0 Å². The second-order valence-corrected chi connectivity index (χ2v) is 4.47. The molecule has 0 saturated carbocycles. The van der Waals surface area contributed by atoms with E-state index in [1.807, 2.05) is 43.5 Å². The summed E-state index contributed by atoms with van der Waals surface area (Å²) in [5, 5.41) is 1.79. The van der Waals surface area contributed by atoms with Crippen molar-refractivity contribution >= 4 is 17.0 Å². The second kappa shape index (κ2) is 4.58. The SMILES string of the molecule is CC=Cn1c(C(C)C)cc2ccccc2c1=O. The van der Waals surface area contributed by atoms with Crippen LogP contribution in [0.25, 0.3) is 17.0 Å². The van der Waals surface area contributed by atoms with Crippen LogP contribution in [-0.4, -0.2) is 4.57 Å². The number of nitrogens with zero attached hydrogens (tertiary/aromatic N) is 1. The van der Waals surface area contributed by atoms with E-state index in [4.69, 9.17) is 0 Å². The molecule has 2 heteroatoms. The fourth-order valence-corrected chi connectivity index (χ4v) is 2.04. The summed E-state index contributed by atoms with van der Waals surface area (Å²) in [7, 11) is 0. The first-order valence-corrected chi connectivity index (χ1v) is 5.92. The molecule has 88 valence electrons. The number of pyridine rings is 1. The summed E-state index contributed by atoms with van der Waals surface area (Å²) in [6, 6.07) is 9.83. The third kappa shape index (κ3) is 2.03. The molecule has 0 amide bonds. The first kappa shape index (κ1) is 11.6. The van der Waals surface area contributed by atoms with Gasteiger partial charge in [0, 0.05) is 17.3 Å². The monoisotopic (exact) mass is 227 g/mol. The Hall–Kier alpha value is -1.83. The van der Waals surface area contributed by atoms with Crippen molar-refractivity contribution in [1.29, 1.82) is 0 Å². The molecule has 0 unspecified atom stereocenters. The van der Waals surface area contributed by atoms with Crippen molar-refractivity contribution in [2.75, 3.05) is 0 Å². The molecule has 0 N–H and O–H groups in total. The van der Waals surface area contributed by atoms with Crippen LogP contribution in [0.3, 0.4) is 0 Å². The largest absolute Gasteiger partial charge is 0.288 e. The van der Waals surface area contributed by atoms with Crippen LogP contribution in [0.1, 0.15) is 32.4 Å². The lowest BCUT2D eigenvalue weighted by molar-refractivity contribution is 0.782. The quantitative estimate of drug-likeness (QED) is 0.768. The van der Waals surface area contributed by atoms with Gasteiger partial charge in [-0.15, -0.1) is 0 Å². The normalized spacial score (nSPS) is 11.8. The lowest BCUT2D eigenvalue weighted by atomic mass is 10.1. The molecule has 0 saturated heterocycles. The average molecular weight is 227 g/mol. The summed E-state index contributed by atoms with van der Waals surface area (Å²) in [6.07, 6.45) is 3.73. The number of aromatic nitrogens is 1. The van der Waals surface area contributed by atoms with E-state index in [1.54, 1.807) is 4.57 Å². The lowest BCUT2D eigenvalue weighted by Crippen LogP contribution is -2.20. The molecule has 2 nitrogen and oxygen atoms in total. The van der Waals surface area contributed by atoms with Crippen LogP contribution < -0.4 is 5.56 Å². The molecule has 0 spiro atoms. The Morgan fingerprint density at radius 2 is 1.94 bits per heavy atom. The van der Waals surface area contributed by atoms with E-state index < -0.39 is 0 Å². The molecule has 0 radical (unpaired) electrons. The molecule has 2 aromatic rings. The van der Waals surface area contributed by atoms with Gasteiger partial charge in [0.05, 0.1) is 0 Å². The number of hydrogen-bond acceptors (Lipinski definition) is 1. The first-order valence-electron chi connectivity index (χ1n) is 5.92. The topological polar surface area (TPSA) is 22.0 Å². The summed E-state index contributed by atoms with van der Waals surface area (Å²) in [5.74, 6) is 0.323. The fraction of sp³-hybridized carbons (Fsp3) is 0.267. The van der Waals surface area contributed by atoms with Crippen LogP contribution in [0.4, 0.5) is 0 Å². The summed E-state index contributed by atoms with van der Waals surface area (Å²) in [5.41, 5.74) is 1.11. The predicted molar refractivity (Wildman–Crippen MR) is 73.3 cm³/mol. The zero-order valence-electron chi connectivity index (χ0n) is 10.5. The molecule has 0 aliphatic rings. The molecule has 0 bridgehead atoms. The Morgan fingerprint density at radius 3 is 2.59 bits per heavy atom. The Morgan fingerprint density at radius 1 is 1.24 bits per heavy atom. The number of fused-ring (bicyclic) bond motifs is 1. The van der Waals surface area contributed by atoms with Gasteiger partial charge in [-0.3, -0.25) is 9.36 Å². The van der Waals surface area contributed by atoms with E-state index in [1.165, 1.54) is 0 Å². The van der Waals surface area contributed by atoms with E-state index in [-0.39, 0.29) is 5.56 Å². The Bertz CT molecular complexity index is 620. The van der Waals surface area contributed by atoms with Gasteiger partial charge in [0.15, 0.2) is 0 Å². The highest BCUT2D eigenvalue weighted by Gasteiger charge is 2.09. The van der Waals surface area contributed by atoms with Crippen molar-refractivity contribution in [2.45, 2.75) is 26.7 Å². The summed E-state index contributed by atoms with van der Waals surface area (Å²) < 4.78 is 1.74. The van der Waals surface area contributed by atoms with Gasteiger partial charge in [-0.05, 0) is 30.4 Å². The van der Waals surface area contributed by atoms with Gasteiger partial charge in [0.1, 0.15) is 0 Å². The maximum atomic E-state index is 12.4. The average Bonchev–Trinajstić information content (AvgIpc) is 2.32. The number of rotatable bonds is 2. The third-order valence-corrected chi connectivity index (χ3v) is 2.88. The highest BCUT2D eigenvalue weighted by Crippen LogP contribution is 2.18. The number of benzene rings is 1. The molecule has 17 heavy (non-hydrogen) atoms. The molecular weight excluding hydrogens is 210 g/mol. The highest BCUT2D eigenvalue weighted by atomic mass is 16.1. The van der Waals surface area contributed by atoms with Crippen LogP contribution >= 0.6 is 0 Å². The van der Waals surface area contributed by atoms with E-state index in [2.05, 4.69) is 19.9 Å². The summed E-state index contributed by atoms with van der Waals surface area (Å²) >= 11 is 0. The van der Waals surface area contributed by atoms with Crippen molar-refractivity contribution in [3.63, 3.8) is 0 Å². The maximum Gasteiger partial charge on any atom is 0.262 e. The van der Waals surface area contributed by atoms with Gasteiger partial charge in [0.25, 0.3) is 5.56 Å². The minimum Gasteiger partial charge on any atom is -0.288 e. The van der Waals surface area contributed by atoms with Crippen LogP contribution in [0, 0.1) is 0 Å². The van der Waals surface area contributed by atoms with Crippen LogP contribution in [0.15, 0.2) is 41.2 Å². The zero-order chi connectivity index (χ0) is 12.4. The van der Waals surface area contributed by atoms with Crippen molar-refractivity contribution in [3.05, 3.63) is 52.5 Å². The van der Waals surface area contributed by atoms with Gasteiger partial charge < -0.3 is 0 Å². The third-order valence-electron chi connectivity index (χ3n) is 2.88. The smallest absolute Gasteiger partial charge is 0.262 e. The zero-order valence-corrected chi connectivity index (χ0v) is 10.5. The molecule has 0 aliphatic heterocycles. The van der Waals surface area contributed by atoms with Crippen molar-refractivity contribution in [3.8, 4) is 0 Å². The highest BCUT2D eigenvalue weighted by molar-refractivity contribution is 5.82. The Balaban J connectivity index is 2.89. The summed E-state index contributed by atoms with van der Waals surface area (Å²) in [6.45, 7) is 6.12. The molecular formula is C15H17NO. The van der Waals surface area contributed by atoms with Gasteiger partial charge in [-0.1, -0.05) is 38.1 Å². The fourth-order valence-electron chi connectivity index (χ4n) is 2.04. The molecule has 0 fully saturated rings. The van der Waals surface area contributed by atoms with Gasteiger partial charge >= 0.3 is 0 Å². The first-order chi connectivity index (χ1) is 8.15. The number of allylic oxidation sites excluding steroid dienone is 1. The van der Waals surface area contributed by atoms with Crippen molar-refractivity contribution < 1.29 is 0 Å². The molecule has 1 aromatic carbocycles. The lowest BCUT2D eigenvalue weighted by Gasteiger charge is -2.13. The van der Waals surface area contributed by atoms with Crippen LogP contribution in [0.5, 0.6) is 0 Å². The molecule has 1 aromatic heterocycles. The van der Waals surface area contributed by atoms with E-state index in [9.17, 15) is 4.79 Å². The molecule has 0 aliphatic carbocycles. The van der Waals surface area contributed by atoms with Crippen molar-refractivity contribution in [1.82, 2.24) is 4.57 Å². The predicted octanol–water partition coefficient (Wildman–Crippen LogP) is 3.62. The van der Waals surface area contributed by atoms with Gasteiger partial charge in [-0.2, -0.15) is 0 Å². The van der Waals surface area contributed by atoms with Gasteiger partial charge in [0.2, 0.25) is 0 Å². The minimum absolute atomic E-state index is 0.0601. The maximum absolute atomic E-state index is 12.4. The molecule has 2 rings (SSSR count). The van der Waals surface area contributed by atoms with Crippen molar-refractivity contribution in [2.24, 2.45) is 0 Å². The van der Waals surface area contributed by atoms with E-state index >= 15 is 0 Å². The second-order valence-electron chi connectivity index (χ2n) is 4.47. The van der Waals surface area contributed by atoms with E-state index in [0.29, 0.717) is 5.92 Å². The van der Waals surface area contributed by atoms with Crippen LogP contribution in [-0.2, 0) is 0 Å². The summed E-state index contributed by atoms with van der Waals surface area (Å²) in [4.78, 5) is 12.4. The Labute approximate surface area is 101 Å². The number of hydrogen-bond donors (Lipinski definition) is 0. The molecule has 0 atom stereocenters. The van der Waals surface area contributed by atoms with E-state index in [0.717, 1.165) is 16.5 Å². The Kier molecular flexibility index (Phi) is 3.14. The minimum atomic E-state index is 0.0601. The molecule has 1 heterocycles.